The van der Waals surface area contributed by atoms with E-state index < -0.39 is 49.2 Å². The quantitative estimate of drug-likeness (QED) is 0.240. The largest absolute Gasteiger partial charge is 0.480 e. The molecule has 12 nitrogen and oxygen atoms in total. The lowest BCUT2D eigenvalue weighted by molar-refractivity contribution is -0.151. The molecular formula is C12H16N4O8. The molecule has 2 atom stereocenters. The van der Waals surface area contributed by atoms with Crippen molar-refractivity contribution in [2.45, 2.75) is 18.6 Å². The molecule has 1 aromatic heterocycles. The summed E-state index contributed by atoms with van der Waals surface area (Å²) in [4.78, 5) is 51.3. The van der Waals surface area contributed by atoms with Gasteiger partial charge in [-0.3, -0.25) is 24.6 Å². The second kappa shape index (κ2) is 8.59. The van der Waals surface area contributed by atoms with E-state index in [1.54, 1.807) is 0 Å². The van der Waals surface area contributed by atoms with E-state index in [9.17, 15) is 29.4 Å². The van der Waals surface area contributed by atoms with Crippen LogP contribution < -0.4 is 5.32 Å². The molecule has 0 aliphatic rings. The van der Waals surface area contributed by atoms with Gasteiger partial charge in [-0.15, -0.1) is 0 Å². The van der Waals surface area contributed by atoms with Crippen LogP contribution in [0.4, 0.5) is 0 Å². The van der Waals surface area contributed by atoms with Crippen molar-refractivity contribution in [3.63, 3.8) is 0 Å². The van der Waals surface area contributed by atoms with Gasteiger partial charge in [0.1, 0.15) is 6.04 Å². The second-order valence-corrected chi connectivity index (χ2v) is 4.76. The summed E-state index contributed by atoms with van der Waals surface area (Å²) in [6.07, 6.45) is 0.720. The fraction of sp³-hybridized carbons (Fsp3) is 0.417. The van der Waals surface area contributed by atoms with Crippen LogP contribution in [-0.4, -0.2) is 84.5 Å². The molecule has 0 radical (unpaired) electrons. The van der Waals surface area contributed by atoms with Gasteiger partial charge >= 0.3 is 23.9 Å². The van der Waals surface area contributed by atoms with Crippen LogP contribution in [0.2, 0.25) is 0 Å². The third-order valence-electron chi connectivity index (χ3n) is 2.90. The molecule has 0 bridgehead atoms. The zero-order chi connectivity index (χ0) is 18.3. The number of H-pyrrole nitrogens is 1. The number of nitrogens with one attached hydrogen (secondary N) is 2. The van der Waals surface area contributed by atoms with Crippen molar-refractivity contribution in [3.05, 3.63) is 18.2 Å². The lowest BCUT2D eigenvalue weighted by Gasteiger charge is -2.28. The van der Waals surface area contributed by atoms with Gasteiger partial charge in [-0.25, -0.2) is 9.78 Å². The van der Waals surface area contributed by atoms with E-state index in [2.05, 4.69) is 15.3 Å². The molecule has 1 rings (SSSR count). The molecule has 0 fully saturated rings. The fourth-order valence-electron chi connectivity index (χ4n) is 1.94. The van der Waals surface area contributed by atoms with E-state index in [4.69, 9.17) is 10.2 Å². The molecule has 24 heavy (non-hydrogen) atoms. The van der Waals surface area contributed by atoms with E-state index in [-0.39, 0.29) is 6.42 Å². The first kappa shape index (κ1) is 19.1. The number of nitrogens with zero attached hydrogens (tertiary/aromatic N) is 2. The molecule has 0 aliphatic carbocycles. The Bertz CT molecular complexity index is 586. The summed E-state index contributed by atoms with van der Waals surface area (Å²) in [5.41, 5.74) is 0.335. The molecule has 0 saturated heterocycles. The molecule has 132 valence electrons. The maximum atomic E-state index is 11.4. The summed E-state index contributed by atoms with van der Waals surface area (Å²) in [6.45, 7) is -1.80. The number of carboxylic acid groups (broad SMARTS) is 4. The normalized spacial score (nSPS) is 13.4. The molecule has 12 heteroatoms. The number of hydrogen-bond acceptors (Lipinski definition) is 7. The summed E-state index contributed by atoms with van der Waals surface area (Å²) in [5, 5.41) is 38.3. The summed E-state index contributed by atoms with van der Waals surface area (Å²) < 4.78 is 0. The molecule has 0 amide bonds. The highest BCUT2D eigenvalue weighted by molar-refractivity contribution is 5.79. The summed E-state index contributed by atoms with van der Waals surface area (Å²) in [6, 6.07) is -1.42. The molecule has 0 spiro atoms. The topological polar surface area (TPSA) is 193 Å². The van der Waals surface area contributed by atoms with Crippen LogP contribution in [0.25, 0.3) is 0 Å². The van der Waals surface area contributed by atoms with Crippen LogP contribution >= 0.6 is 0 Å². The zero-order valence-electron chi connectivity index (χ0n) is 12.2. The standard InChI is InChI=1S/C12H16N4O8/c17-8(18)3-16(4-9(19)20)10(12(23)24)15-7(11(21)22)1-6-2-13-5-14-6/h2,5,7,10,15H,1,3-4H2,(H,13,14)(H,17,18)(H,19,20)(H,21,22)(H,23,24)/t7-,10?/m0/s1. The molecule has 1 aromatic rings. The number of hydrogen-bond donors (Lipinski definition) is 6. The maximum Gasteiger partial charge on any atom is 0.335 e. The van der Waals surface area contributed by atoms with Gasteiger partial charge in [0, 0.05) is 12.6 Å². The van der Waals surface area contributed by atoms with Gasteiger partial charge in [-0.05, 0) is 0 Å². The Morgan fingerprint density at radius 3 is 2.04 bits per heavy atom. The van der Waals surface area contributed by atoms with Crippen molar-refractivity contribution in [2.75, 3.05) is 13.1 Å². The first-order valence-electron chi connectivity index (χ1n) is 6.57. The SMILES string of the molecule is O=C(O)CN(CC(=O)O)C(N[C@@H](Cc1c[nH]cn1)C(=O)O)C(=O)O. The van der Waals surface area contributed by atoms with Gasteiger partial charge in [0.25, 0.3) is 0 Å². The summed E-state index contributed by atoms with van der Waals surface area (Å²) in [7, 11) is 0. The molecular weight excluding hydrogens is 328 g/mol. The predicted molar refractivity (Wildman–Crippen MR) is 75.1 cm³/mol. The first-order chi connectivity index (χ1) is 11.2. The van der Waals surface area contributed by atoms with Gasteiger partial charge in [-0.1, -0.05) is 0 Å². The van der Waals surface area contributed by atoms with E-state index in [0.29, 0.717) is 10.6 Å². The van der Waals surface area contributed by atoms with Crippen LogP contribution in [0.3, 0.4) is 0 Å². The lowest BCUT2D eigenvalue weighted by Crippen LogP contribution is -2.58. The molecule has 6 N–H and O–H groups in total. The fourth-order valence-corrected chi connectivity index (χ4v) is 1.94. The molecule has 1 heterocycles. The highest BCUT2D eigenvalue weighted by Crippen LogP contribution is 2.04. The number of imidazole rings is 1. The summed E-state index contributed by atoms with van der Waals surface area (Å²) >= 11 is 0. The van der Waals surface area contributed by atoms with Crippen molar-refractivity contribution in [1.29, 1.82) is 0 Å². The number of rotatable bonds is 11. The van der Waals surface area contributed by atoms with Crippen molar-refractivity contribution >= 4 is 23.9 Å². The van der Waals surface area contributed by atoms with Crippen LogP contribution in [0.15, 0.2) is 12.5 Å². The third kappa shape index (κ3) is 6.02. The van der Waals surface area contributed by atoms with Crippen molar-refractivity contribution in [1.82, 2.24) is 20.2 Å². The average molecular weight is 344 g/mol. The number of aromatic amines is 1. The Balaban J connectivity index is 2.97. The lowest BCUT2D eigenvalue weighted by atomic mass is 10.1. The van der Waals surface area contributed by atoms with E-state index in [1.165, 1.54) is 12.5 Å². The second-order valence-electron chi connectivity index (χ2n) is 4.76. The minimum atomic E-state index is -1.82. The van der Waals surface area contributed by atoms with Gasteiger partial charge in [0.15, 0.2) is 6.17 Å². The Kier molecular flexibility index (Phi) is 6.82. The minimum absolute atomic E-state index is 0.184. The van der Waals surface area contributed by atoms with Crippen LogP contribution in [0, 0.1) is 0 Å². The van der Waals surface area contributed by atoms with Gasteiger partial charge in [0.2, 0.25) is 0 Å². The third-order valence-corrected chi connectivity index (χ3v) is 2.90. The van der Waals surface area contributed by atoms with E-state index >= 15 is 0 Å². The predicted octanol–water partition coefficient (Wildman–Crippen LogP) is -2.12. The van der Waals surface area contributed by atoms with Crippen molar-refractivity contribution < 1.29 is 39.6 Å². The average Bonchev–Trinajstić information content (AvgIpc) is 2.93. The highest BCUT2D eigenvalue weighted by atomic mass is 16.4. The van der Waals surface area contributed by atoms with Crippen molar-refractivity contribution in [3.8, 4) is 0 Å². The smallest absolute Gasteiger partial charge is 0.335 e. The van der Waals surface area contributed by atoms with E-state index in [0.717, 1.165) is 0 Å². The summed E-state index contributed by atoms with van der Waals surface area (Å²) in [5.74, 6) is -5.91. The highest BCUT2D eigenvalue weighted by Gasteiger charge is 2.33. The van der Waals surface area contributed by atoms with Crippen LogP contribution in [-0.2, 0) is 25.6 Å². The monoisotopic (exact) mass is 344 g/mol. The Hall–Kier alpha value is -2.99. The van der Waals surface area contributed by atoms with Gasteiger partial charge < -0.3 is 25.4 Å². The Morgan fingerprint density at radius 1 is 1.08 bits per heavy atom. The number of aliphatic carboxylic acids is 4. The molecule has 1 unspecified atom stereocenters. The number of aromatic nitrogens is 2. The number of carboxylic acids is 4. The Morgan fingerprint density at radius 2 is 1.67 bits per heavy atom. The van der Waals surface area contributed by atoms with Crippen molar-refractivity contribution in [2.24, 2.45) is 0 Å². The minimum Gasteiger partial charge on any atom is -0.480 e. The zero-order valence-corrected chi connectivity index (χ0v) is 12.2. The van der Waals surface area contributed by atoms with Gasteiger partial charge in [0.05, 0.1) is 25.1 Å². The number of carbonyl (C=O) groups is 4. The van der Waals surface area contributed by atoms with Gasteiger partial charge in [-0.2, -0.15) is 0 Å². The maximum absolute atomic E-state index is 11.4. The van der Waals surface area contributed by atoms with E-state index in [1.807, 2.05) is 0 Å². The molecule has 0 aliphatic heterocycles. The van der Waals surface area contributed by atoms with Crippen LogP contribution in [0.1, 0.15) is 5.69 Å². The molecule has 0 saturated carbocycles. The van der Waals surface area contributed by atoms with Crippen LogP contribution in [0.5, 0.6) is 0 Å². The first-order valence-corrected chi connectivity index (χ1v) is 6.57. The Labute approximate surface area is 134 Å². The molecule has 0 aromatic carbocycles.